The Morgan fingerprint density at radius 3 is 2.61 bits per heavy atom. The molecule has 1 aliphatic rings. The molecule has 28 heavy (non-hydrogen) atoms. The van der Waals surface area contributed by atoms with Crippen LogP contribution in [0.4, 0.5) is 0 Å². The molecule has 3 unspecified atom stereocenters. The van der Waals surface area contributed by atoms with Gasteiger partial charge in [0.1, 0.15) is 0 Å². The zero-order valence-corrected chi connectivity index (χ0v) is 20.2. The van der Waals surface area contributed by atoms with Crippen molar-refractivity contribution in [2.24, 2.45) is 12.0 Å². The number of guanidine groups is 1. The molecular weight excluding hydrogens is 461 g/mol. The van der Waals surface area contributed by atoms with Crippen LogP contribution in [0.2, 0.25) is 0 Å². The zero-order valence-electron chi connectivity index (χ0n) is 17.9. The van der Waals surface area contributed by atoms with Crippen LogP contribution in [-0.2, 0) is 13.5 Å². The fourth-order valence-electron chi connectivity index (χ4n) is 3.87. The molecule has 0 saturated heterocycles. The molecule has 0 amide bonds. The molecule has 2 N–H and O–H groups in total. The number of nitrogens with one attached hydrogen (secondary N) is 2. The van der Waals surface area contributed by atoms with Crippen LogP contribution in [0.5, 0.6) is 0 Å². The van der Waals surface area contributed by atoms with Crippen molar-refractivity contribution in [2.45, 2.75) is 65.5 Å². The lowest BCUT2D eigenvalue weighted by molar-refractivity contribution is 0.632. The maximum Gasteiger partial charge on any atom is 0.191 e. The van der Waals surface area contributed by atoms with E-state index in [1.807, 2.05) is 11.7 Å². The van der Waals surface area contributed by atoms with E-state index < -0.39 is 0 Å². The molecule has 0 aliphatic heterocycles. The van der Waals surface area contributed by atoms with Gasteiger partial charge in [-0.1, -0.05) is 24.3 Å². The Labute approximate surface area is 186 Å². The average molecular weight is 495 g/mol. The highest BCUT2D eigenvalue weighted by Gasteiger charge is 2.39. The minimum absolute atomic E-state index is 0. The second-order valence-corrected chi connectivity index (χ2v) is 7.80. The Hall–Kier alpha value is -1.57. The molecule has 3 atom stereocenters. The summed E-state index contributed by atoms with van der Waals surface area (Å²) in [5, 5.41) is 11.8. The number of hydrogen-bond acceptors (Lipinski definition) is 2. The molecule has 2 aromatic rings. The van der Waals surface area contributed by atoms with Crippen molar-refractivity contribution in [3.05, 3.63) is 52.3 Å². The first-order valence-corrected chi connectivity index (χ1v) is 10.0. The van der Waals surface area contributed by atoms with Crippen LogP contribution < -0.4 is 10.6 Å². The van der Waals surface area contributed by atoms with E-state index in [0.29, 0.717) is 18.0 Å². The minimum Gasteiger partial charge on any atom is -0.354 e. The van der Waals surface area contributed by atoms with E-state index in [-0.39, 0.29) is 24.0 Å². The van der Waals surface area contributed by atoms with Gasteiger partial charge in [-0.25, -0.2) is 0 Å². The van der Waals surface area contributed by atoms with Crippen LogP contribution in [0.3, 0.4) is 0 Å². The molecule has 0 bridgehead atoms. The third kappa shape index (κ3) is 5.27. The van der Waals surface area contributed by atoms with Crippen LogP contribution in [0.15, 0.2) is 29.3 Å². The van der Waals surface area contributed by atoms with Crippen molar-refractivity contribution in [3.63, 3.8) is 0 Å². The molecule has 1 heterocycles. The predicted octanol–water partition coefficient (Wildman–Crippen LogP) is 4.01. The van der Waals surface area contributed by atoms with Crippen LogP contribution >= 0.6 is 24.0 Å². The first-order chi connectivity index (χ1) is 12.9. The number of aryl methyl sites for hydroxylation is 3. The Morgan fingerprint density at radius 2 is 2.00 bits per heavy atom. The van der Waals surface area contributed by atoms with Crippen molar-refractivity contribution >= 4 is 29.9 Å². The lowest BCUT2D eigenvalue weighted by atomic mass is 10.0. The topological polar surface area (TPSA) is 54.2 Å². The summed E-state index contributed by atoms with van der Waals surface area (Å²) < 4.78 is 1.97. The minimum atomic E-state index is 0. The highest BCUT2D eigenvalue weighted by atomic mass is 127. The average Bonchev–Trinajstić information content (AvgIpc) is 3.33. The summed E-state index contributed by atoms with van der Waals surface area (Å²) in [4.78, 5) is 4.66. The Bertz CT molecular complexity index is 826. The molecule has 1 saturated carbocycles. The second-order valence-electron chi connectivity index (χ2n) is 7.80. The van der Waals surface area contributed by atoms with Gasteiger partial charge in [0.25, 0.3) is 0 Å². The van der Waals surface area contributed by atoms with Gasteiger partial charge in [-0.05, 0) is 64.2 Å². The Kier molecular flexibility index (Phi) is 7.92. The summed E-state index contributed by atoms with van der Waals surface area (Å²) in [5.41, 5.74) is 6.53. The SMILES string of the molecule is CCN=C(NC(C)Cc1c(C)nn(C)c1C)NC1CC1c1ccccc1C.I. The number of aromatic nitrogens is 2. The van der Waals surface area contributed by atoms with Gasteiger partial charge in [0.05, 0.1) is 5.69 Å². The maximum absolute atomic E-state index is 4.66. The number of rotatable bonds is 6. The monoisotopic (exact) mass is 495 g/mol. The van der Waals surface area contributed by atoms with Gasteiger partial charge < -0.3 is 10.6 Å². The highest BCUT2D eigenvalue weighted by Crippen LogP contribution is 2.42. The van der Waals surface area contributed by atoms with E-state index in [2.05, 4.69) is 79.6 Å². The number of hydrogen-bond donors (Lipinski definition) is 2. The van der Waals surface area contributed by atoms with Crippen molar-refractivity contribution in [1.29, 1.82) is 0 Å². The zero-order chi connectivity index (χ0) is 19.6. The largest absolute Gasteiger partial charge is 0.354 e. The third-order valence-corrected chi connectivity index (χ3v) is 5.57. The predicted molar refractivity (Wildman–Crippen MR) is 128 cm³/mol. The number of benzene rings is 1. The lowest BCUT2D eigenvalue weighted by Gasteiger charge is -2.19. The lowest BCUT2D eigenvalue weighted by Crippen LogP contribution is -2.44. The van der Waals surface area contributed by atoms with Gasteiger partial charge in [-0.2, -0.15) is 5.10 Å². The normalized spacial score (nSPS) is 19.7. The summed E-state index contributed by atoms with van der Waals surface area (Å²) in [6, 6.07) is 9.46. The van der Waals surface area contributed by atoms with E-state index in [0.717, 1.165) is 24.6 Å². The van der Waals surface area contributed by atoms with E-state index in [9.17, 15) is 0 Å². The molecule has 1 fully saturated rings. The smallest absolute Gasteiger partial charge is 0.191 e. The molecule has 5 nitrogen and oxygen atoms in total. The fourth-order valence-corrected chi connectivity index (χ4v) is 3.87. The van der Waals surface area contributed by atoms with Gasteiger partial charge >= 0.3 is 0 Å². The Morgan fingerprint density at radius 1 is 1.29 bits per heavy atom. The molecule has 0 spiro atoms. The summed E-state index contributed by atoms with van der Waals surface area (Å²) in [6.07, 6.45) is 2.12. The van der Waals surface area contributed by atoms with Crippen LogP contribution in [0.1, 0.15) is 54.3 Å². The van der Waals surface area contributed by atoms with Crippen molar-refractivity contribution < 1.29 is 0 Å². The van der Waals surface area contributed by atoms with Crippen LogP contribution in [-0.4, -0.2) is 34.4 Å². The molecule has 1 aromatic carbocycles. The van der Waals surface area contributed by atoms with E-state index >= 15 is 0 Å². The van der Waals surface area contributed by atoms with Gasteiger partial charge in [0, 0.05) is 37.3 Å². The molecule has 154 valence electrons. The molecular formula is C22H34IN5. The summed E-state index contributed by atoms with van der Waals surface area (Å²) in [5.74, 6) is 1.51. The summed E-state index contributed by atoms with van der Waals surface area (Å²) in [6.45, 7) is 11.5. The van der Waals surface area contributed by atoms with E-state index in [1.54, 1.807) is 0 Å². The van der Waals surface area contributed by atoms with Crippen molar-refractivity contribution in [2.75, 3.05) is 6.54 Å². The Balaban J connectivity index is 0.00000280. The molecule has 3 rings (SSSR count). The second kappa shape index (κ2) is 9.76. The summed E-state index contributed by atoms with van der Waals surface area (Å²) in [7, 11) is 2.01. The van der Waals surface area contributed by atoms with Crippen molar-refractivity contribution in [3.8, 4) is 0 Å². The van der Waals surface area contributed by atoms with Crippen LogP contribution in [0, 0.1) is 20.8 Å². The molecule has 6 heteroatoms. The molecule has 1 aliphatic carbocycles. The van der Waals surface area contributed by atoms with Crippen LogP contribution in [0.25, 0.3) is 0 Å². The maximum atomic E-state index is 4.66. The number of aliphatic imine (C=N–C) groups is 1. The quantitative estimate of drug-likeness (QED) is 0.362. The van der Waals surface area contributed by atoms with Gasteiger partial charge in [-0.3, -0.25) is 9.67 Å². The third-order valence-electron chi connectivity index (χ3n) is 5.57. The first-order valence-electron chi connectivity index (χ1n) is 10.0. The fraction of sp³-hybridized carbons (Fsp3) is 0.545. The highest BCUT2D eigenvalue weighted by molar-refractivity contribution is 14.0. The summed E-state index contributed by atoms with van der Waals surface area (Å²) >= 11 is 0. The number of halogens is 1. The standard InChI is InChI=1S/C22H33N5.HI/c1-7-23-22(24-15(3)12-19-16(4)26-27(6)17(19)5)25-21-13-20(21)18-11-9-8-10-14(18)2;/h8-11,15,20-21H,7,12-13H2,1-6H3,(H2,23,24,25);1H. The van der Waals surface area contributed by atoms with E-state index in [1.165, 1.54) is 28.8 Å². The number of nitrogens with zero attached hydrogens (tertiary/aromatic N) is 3. The molecule has 0 radical (unpaired) electrons. The van der Waals surface area contributed by atoms with E-state index in [4.69, 9.17) is 0 Å². The van der Waals surface area contributed by atoms with Gasteiger partial charge in [0.2, 0.25) is 0 Å². The molecule has 1 aromatic heterocycles. The van der Waals surface area contributed by atoms with Crippen molar-refractivity contribution in [1.82, 2.24) is 20.4 Å². The van der Waals surface area contributed by atoms with Gasteiger partial charge in [0.15, 0.2) is 5.96 Å². The first kappa shape index (κ1) is 22.7. The van der Waals surface area contributed by atoms with Gasteiger partial charge in [-0.15, -0.1) is 24.0 Å².